The summed E-state index contributed by atoms with van der Waals surface area (Å²) in [5.41, 5.74) is 2.97. The Hall–Kier alpha value is -1.56. The molecule has 0 radical (unpaired) electrons. The quantitative estimate of drug-likeness (QED) is 0.805. The third-order valence-electron chi connectivity index (χ3n) is 4.37. The Morgan fingerprint density at radius 3 is 2.82 bits per heavy atom. The summed E-state index contributed by atoms with van der Waals surface area (Å²) in [7, 11) is 2.18. The van der Waals surface area contributed by atoms with Crippen LogP contribution in [-0.2, 0) is 6.42 Å². The first-order valence-corrected chi connectivity index (χ1v) is 7.56. The Kier molecular flexibility index (Phi) is 4.38. The van der Waals surface area contributed by atoms with Gasteiger partial charge in [0.15, 0.2) is 11.5 Å². The van der Waals surface area contributed by atoms with E-state index < -0.39 is 0 Å². The smallest absolute Gasteiger partial charge is 0.196 e. The van der Waals surface area contributed by atoms with Crippen molar-refractivity contribution in [2.75, 3.05) is 39.8 Å². The Morgan fingerprint density at radius 2 is 2.00 bits per heavy atom. The molecule has 1 fully saturated rings. The number of aromatic nitrogens is 2. The lowest BCUT2D eigenvalue weighted by Gasteiger charge is -2.31. The second-order valence-electron chi connectivity index (χ2n) is 5.85. The molecule has 1 aliphatic heterocycles. The summed E-state index contributed by atoms with van der Waals surface area (Å²) >= 11 is 0. The second kappa shape index (κ2) is 6.28. The number of nitrogens with zero attached hydrogens (tertiary/aromatic N) is 3. The molecule has 2 aromatic heterocycles. The highest BCUT2D eigenvalue weighted by Gasteiger charge is 2.15. The number of oxazole rings is 1. The first-order chi connectivity index (χ1) is 10.3. The van der Waals surface area contributed by atoms with Crippen LogP contribution in [0.5, 0.6) is 0 Å². The van der Waals surface area contributed by atoms with E-state index in [2.05, 4.69) is 32.9 Å². The van der Waals surface area contributed by atoms with Crippen molar-refractivity contribution in [1.82, 2.24) is 19.8 Å². The Morgan fingerprint density at radius 1 is 1.18 bits per heavy atom. The highest BCUT2D eigenvalue weighted by atomic mass is 35.5. The van der Waals surface area contributed by atoms with Crippen LogP contribution >= 0.6 is 12.4 Å². The van der Waals surface area contributed by atoms with Crippen molar-refractivity contribution < 1.29 is 4.42 Å². The lowest BCUT2D eigenvalue weighted by molar-refractivity contribution is 0.153. The standard InChI is InChI=1S/C16H20N4O.ClH/c1-19-8-10-20(11-9-19)7-5-15-18-16-12-4-6-17-13(12)2-3-14(16)21-15;/h2-4,6,17H,5,7-11H2,1H3;1H. The number of hydrogen-bond acceptors (Lipinski definition) is 4. The van der Waals surface area contributed by atoms with Crippen LogP contribution in [0, 0.1) is 0 Å². The maximum atomic E-state index is 5.90. The monoisotopic (exact) mass is 320 g/mol. The molecule has 0 spiro atoms. The van der Waals surface area contributed by atoms with E-state index in [1.54, 1.807) is 0 Å². The summed E-state index contributed by atoms with van der Waals surface area (Å²) in [5.74, 6) is 0.845. The van der Waals surface area contributed by atoms with Gasteiger partial charge >= 0.3 is 0 Å². The largest absolute Gasteiger partial charge is 0.441 e. The average molecular weight is 321 g/mol. The SMILES string of the molecule is CN1CCN(CCc2nc3c(ccc4[nH]ccc43)o2)CC1.Cl. The highest BCUT2D eigenvalue weighted by Crippen LogP contribution is 2.25. The third kappa shape index (κ3) is 2.84. The molecule has 4 rings (SSSR count). The van der Waals surface area contributed by atoms with Gasteiger partial charge in [0.2, 0.25) is 0 Å². The van der Waals surface area contributed by atoms with Crippen LogP contribution in [0.1, 0.15) is 5.89 Å². The molecule has 0 saturated carbocycles. The van der Waals surface area contributed by atoms with Crippen LogP contribution in [0.15, 0.2) is 28.8 Å². The topological polar surface area (TPSA) is 48.3 Å². The number of nitrogens with one attached hydrogen (secondary N) is 1. The van der Waals surface area contributed by atoms with Gasteiger partial charge in [0.25, 0.3) is 0 Å². The van der Waals surface area contributed by atoms with Gasteiger partial charge in [0, 0.05) is 56.2 Å². The van der Waals surface area contributed by atoms with Crippen LogP contribution in [0.4, 0.5) is 0 Å². The summed E-state index contributed by atoms with van der Waals surface area (Å²) in [4.78, 5) is 12.8. The first-order valence-electron chi connectivity index (χ1n) is 7.56. The fourth-order valence-electron chi connectivity index (χ4n) is 3.00. The van der Waals surface area contributed by atoms with E-state index in [0.29, 0.717) is 0 Å². The predicted molar refractivity (Wildman–Crippen MR) is 90.8 cm³/mol. The van der Waals surface area contributed by atoms with Gasteiger partial charge in [-0.3, -0.25) is 0 Å². The van der Waals surface area contributed by atoms with Crippen molar-refractivity contribution in [3.63, 3.8) is 0 Å². The van der Waals surface area contributed by atoms with Crippen LogP contribution in [0.25, 0.3) is 22.0 Å². The van der Waals surface area contributed by atoms with Crippen molar-refractivity contribution >= 4 is 34.4 Å². The van der Waals surface area contributed by atoms with Gasteiger partial charge in [-0.2, -0.15) is 0 Å². The summed E-state index contributed by atoms with van der Waals surface area (Å²) in [6, 6.07) is 6.11. The van der Waals surface area contributed by atoms with Crippen molar-refractivity contribution in [3.8, 4) is 0 Å². The number of benzene rings is 1. The molecule has 1 aromatic carbocycles. The number of likely N-dealkylation sites (N-methyl/N-ethyl adjacent to an activating group) is 1. The van der Waals surface area contributed by atoms with Crippen molar-refractivity contribution in [3.05, 3.63) is 30.3 Å². The zero-order valence-electron chi connectivity index (χ0n) is 12.7. The van der Waals surface area contributed by atoms with E-state index in [0.717, 1.165) is 67.0 Å². The molecule has 0 unspecified atom stereocenters. The van der Waals surface area contributed by atoms with Crippen molar-refractivity contribution in [2.24, 2.45) is 0 Å². The van der Waals surface area contributed by atoms with Gasteiger partial charge < -0.3 is 19.2 Å². The van der Waals surface area contributed by atoms with Gasteiger partial charge in [-0.05, 0) is 25.2 Å². The normalized spacial score (nSPS) is 17.1. The number of aromatic amines is 1. The molecular formula is C16H21ClN4O. The molecule has 3 heterocycles. The number of hydrogen-bond donors (Lipinski definition) is 1. The second-order valence-corrected chi connectivity index (χ2v) is 5.85. The molecule has 1 aliphatic rings. The molecule has 0 aliphatic carbocycles. The maximum Gasteiger partial charge on any atom is 0.196 e. The van der Waals surface area contributed by atoms with Gasteiger partial charge in [-0.1, -0.05) is 0 Å². The minimum atomic E-state index is 0. The van der Waals surface area contributed by atoms with Crippen LogP contribution < -0.4 is 0 Å². The van der Waals surface area contributed by atoms with Crippen LogP contribution in [0.3, 0.4) is 0 Å². The predicted octanol–water partition coefficient (Wildman–Crippen LogP) is 2.52. The molecule has 0 bridgehead atoms. The average Bonchev–Trinajstić information content (AvgIpc) is 3.12. The van der Waals surface area contributed by atoms with Gasteiger partial charge in [0.1, 0.15) is 5.52 Å². The highest BCUT2D eigenvalue weighted by molar-refractivity contribution is 6.02. The Bertz CT molecular complexity index is 758. The minimum absolute atomic E-state index is 0. The van der Waals surface area contributed by atoms with E-state index in [9.17, 15) is 0 Å². The number of rotatable bonds is 3. The summed E-state index contributed by atoms with van der Waals surface area (Å²) < 4.78 is 5.90. The number of H-pyrrole nitrogens is 1. The lowest BCUT2D eigenvalue weighted by Crippen LogP contribution is -2.45. The summed E-state index contributed by atoms with van der Waals surface area (Å²) in [5, 5.41) is 1.14. The molecule has 1 saturated heterocycles. The Labute approximate surface area is 135 Å². The Balaban J connectivity index is 0.00000144. The molecule has 0 amide bonds. The number of piperazine rings is 1. The third-order valence-corrected chi connectivity index (χ3v) is 4.37. The number of halogens is 1. The molecule has 5 nitrogen and oxygen atoms in total. The van der Waals surface area contributed by atoms with Gasteiger partial charge in [0.05, 0.1) is 0 Å². The van der Waals surface area contributed by atoms with E-state index in [1.807, 2.05) is 18.3 Å². The van der Waals surface area contributed by atoms with Crippen molar-refractivity contribution in [2.45, 2.75) is 6.42 Å². The van der Waals surface area contributed by atoms with Gasteiger partial charge in [-0.15, -0.1) is 12.4 Å². The maximum absolute atomic E-state index is 5.90. The molecule has 22 heavy (non-hydrogen) atoms. The number of fused-ring (bicyclic) bond motifs is 3. The zero-order valence-corrected chi connectivity index (χ0v) is 13.5. The van der Waals surface area contributed by atoms with Crippen molar-refractivity contribution in [1.29, 1.82) is 0 Å². The molecule has 0 atom stereocenters. The van der Waals surface area contributed by atoms with E-state index in [-0.39, 0.29) is 12.4 Å². The fraction of sp³-hybridized carbons (Fsp3) is 0.438. The molecular weight excluding hydrogens is 300 g/mol. The summed E-state index contributed by atoms with van der Waals surface area (Å²) in [6.45, 7) is 5.60. The fourth-order valence-corrected chi connectivity index (χ4v) is 3.00. The van der Waals surface area contributed by atoms with Gasteiger partial charge in [-0.25, -0.2) is 4.98 Å². The molecule has 6 heteroatoms. The lowest BCUT2D eigenvalue weighted by atomic mass is 10.2. The minimum Gasteiger partial charge on any atom is -0.441 e. The van der Waals surface area contributed by atoms with E-state index >= 15 is 0 Å². The first kappa shape index (κ1) is 15.3. The molecule has 118 valence electrons. The van der Waals surface area contributed by atoms with E-state index in [4.69, 9.17) is 4.42 Å². The zero-order chi connectivity index (χ0) is 14.2. The summed E-state index contributed by atoms with van der Waals surface area (Å²) in [6.07, 6.45) is 2.83. The molecule has 1 N–H and O–H groups in total. The van der Waals surface area contributed by atoms with Crippen LogP contribution in [0.2, 0.25) is 0 Å². The van der Waals surface area contributed by atoms with Crippen LogP contribution in [-0.4, -0.2) is 59.5 Å². The molecule has 3 aromatic rings. The van der Waals surface area contributed by atoms with E-state index in [1.165, 1.54) is 0 Å².